The van der Waals surface area contributed by atoms with Crippen LogP contribution in [0.3, 0.4) is 0 Å². The van der Waals surface area contributed by atoms with E-state index in [1.165, 1.54) is 6.07 Å². The van der Waals surface area contributed by atoms with Crippen LogP contribution in [0.4, 0.5) is 15.9 Å². The molecule has 162 valence electrons. The third kappa shape index (κ3) is 3.10. The number of nitrogen functional groups attached to an aromatic ring is 2. The van der Waals surface area contributed by atoms with Crippen LogP contribution in [0.5, 0.6) is 0 Å². The summed E-state index contributed by atoms with van der Waals surface area (Å²) < 4.78 is 19.8. The van der Waals surface area contributed by atoms with E-state index in [1.807, 2.05) is 6.07 Å². The molecule has 2 aromatic carbocycles. The smallest absolute Gasteiger partial charge is 0.165 e. The number of fused-ring (bicyclic) bond motifs is 2. The van der Waals surface area contributed by atoms with Crippen molar-refractivity contribution in [1.82, 2.24) is 14.9 Å². The minimum Gasteiger partial charge on any atom is -0.398 e. The molecule has 3 fully saturated rings. The Hall–Kier alpha value is -2.92. The lowest BCUT2D eigenvalue weighted by Gasteiger charge is -2.35. The van der Waals surface area contributed by atoms with Gasteiger partial charge in [0.15, 0.2) is 11.6 Å². The third-order valence-corrected chi connectivity index (χ3v) is 7.14. The molecule has 0 amide bonds. The summed E-state index contributed by atoms with van der Waals surface area (Å²) >= 11 is 5.92. The Balaban J connectivity index is 1.36. The van der Waals surface area contributed by atoms with Crippen molar-refractivity contribution in [2.24, 2.45) is 11.3 Å². The Morgan fingerprint density at radius 3 is 2.84 bits per heavy atom. The van der Waals surface area contributed by atoms with E-state index in [2.05, 4.69) is 26.7 Å². The van der Waals surface area contributed by atoms with Crippen molar-refractivity contribution in [2.75, 3.05) is 37.8 Å². The van der Waals surface area contributed by atoms with Crippen molar-refractivity contribution in [3.63, 3.8) is 0 Å². The summed E-state index contributed by atoms with van der Waals surface area (Å²) in [7, 11) is 0. The van der Waals surface area contributed by atoms with Crippen LogP contribution < -0.4 is 11.5 Å². The third-order valence-electron chi connectivity index (χ3n) is 6.84. The molecule has 4 N–H and O–H groups in total. The van der Waals surface area contributed by atoms with E-state index >= 15 is 0 Å². The second-order valence-electron chi connectivity index (χ2n) is 8.92. The Morgan fingerprint density at radius 1 is 1.22 bits per heavy atom. The van der Waals surface area contributed by atoms with Gasteiger partial charge < -0.3 is 16.2 Å². The van der Waals surface area contributed by atoms with Gasteiger partial charge in [0.25, 0.3) is 0 Å². The molecule has 0 bridgehead atoms. The largest absolute Gasteiger partial charge is 0.398 e. The van der Waals surface area contributed by atoms with Gasteiger partial charge in [-0.25, -0.2) is 14.4 Å². The van der Waals surface area contributed by atoms with E-state index in [0.29, 0.717) is 34.1 Å². The summed E-state index contributed by atoms with van der Waals surface area (Å²) in [4.78, 5) is 11.3. The Kier molecular flexibility index (Phi) is 4.34. The molecule has 2 atom stereocenters. The zero-order valence-corrected chi connectivity index (χ0v) is 18.0. The fraction of sp³-hybridized carbons (Fsp3) is 0.333. The lowest BCUT2D eigenvalue weighted by molar-refractivity contribution is -0.0614. The number of benzene rings is 2. The van der Waals surface area contributed by atoms with Crippen LogP contribution in [-0.2, 0) is 4.74 Å². The number of aromatic nitrogens is 2. The first-order valence-electron chi connectivity index (χ1n) is 10.6. The molecule has 8 heteroatoms. The minimum atomic E-state index is -0.579. The predicted octanol–water partition coefficient (Wildman–Crippen LogP) is 3.33. The van der Waals surface area contributed by atoms with E-state index in [4.69, 9.17) is 27.8 Å². The molecule has 1 saturated carbocycles. The number of nitrogens with zero attached hydrogens (tertiary/aromatic N) is 3. The summed E-state index contributed by atoms with van der Waals surface area (Å²) in [5, 5.41) is 0.615. The van der Waals surface area contributed by atoms with Gasteiger partial charge in [0.1, 0.15) is 5.82 Å². The molecule has 3 aromatic rings. The number of piperidine rings is 1. The van der Waals surface area contributed by atoms with Gasteiger partial charge in [-0.15, -0.1) is 0 Å². The molecule has 32 heavy (non-hydrogen) atoms. The number of halogens is 2. The molecular weight excluding hydrogens is 429 g/mol. The Morgan fingerprint density at radius 2 is 2.06 bits per heavy atom. The van der Waals surface area contributed by atoms with Gasteiger partial charge in [0.05, 0.1) is 35.4 Å². The average Bonchev–Trinajstić information content (AvgIpc) is 3.28. The van der Waals surface area contributed by atoms with Gasteiger partial charge in [-0.2, -0.15) is 0 Å². The Bertz CT molecular complexity index is 1330. The molecule has 1 aromatic heterocycles. The van der Waals surface area contributed by atoms with Gasteiger partial charge in [0.2, 0.25) is 0 Å². The number of ether oxygens (including phenoxy) is 1. The molecule has 1 aliphatic carbocycles. The molecule has 0 spiro atoms. The number of nitrogens with two attached hydrogens (primary N) is 2. The van der Waals surface area contributed by atoms with Crippen LogP contribution in [0.15, 0.2) is 30.3 Å². The number of hydrogen-bond acceptors (Lipinski definition) is 6. The molecule has 6 nitrogen and oxygen atoms in total. The van der Waals surface area contributed by atoms with E-state index in [9.17, 15) is 4.39 Å². The fourth-order valence-electron chi connectivity index (χ4n) is 4.74. The van der Waals surface area contributed by atoms with Gasteiger partial charge in [0, 0.05) is 35.1 Å². The summed E-state index contributed by atoms with van der Waals surface area (Å²) in [5.41, 5.74) is 14.5. The highest BCUT2D eigenvalue weighted by Crippen LogP contribution is 2.58. The molecule has 0 unspecified atom stereocenters. The first-order chi connectivity index (χ1) is 15.4. The zero-order chi connectivity index (χ0) is 22.0. The standard InChI is InChI=1S/C24H21ClFN5O/c25-18-3-1-2-16(21(18)26)23-29-20-6-13(19(27)7-17(20)22(28)30-23)4-5-24-8-14(24)9-31(12-24)15-10-32-11-15/h1-3,6-7,14-15H,8-12,27H2,(H2,28,29,30)/t14-,24+/m1/s1. The summed E-state index contributed by atoms with van der Waals surface area (Å²) in [6.07, 6.45) is 1.13. The van der Waals surface area contributed by atoms with E-state index < -0.39 is 5.82 Å². The first-order valence-corrected chi connectivity index (χ1v) is 11.0. The average molecular weight is 450 g/mol. The summed E-state index contributed by atoms with van der Waals surface area (Å²) in [6, 6.07) is 8.79. The van der Waals surface area contributed by atoms with Gasteiger partial charge in [-0.3, -0.25) is 4.90 Å². The van der Waals surface area contributed by atoms with Crippen LogP contribution in [0.25, 0.3) is 22.3 Å². The van der Waals surface area contributed by atoms with Gasteiger partial charge in [-0.1, -0.05) is 29.5 Å². The quantitative estimate of drug-likeness (QED) is 0.460. The van der Waals surface area contributed by atoms with Crippen LogP contribution in [0.2, 0.25) is 5.02 Å². The van der Waals surface area contributed by atoms with Crippen LogP contribution in [-0.4, -0.2) is 47.2 Å². The summed E-state index contributed by atoms with van der Waals surface area (Å²) in [5.74, 6) is 7.24. The maximum absolute atomic E-state index is 14.5. The zero-order valence-electron chi connectivity index (χ0n) is 17.2. The Labute approximate surface area is 189 Å². The maximum Gasteiger partial charge on any atom is 0.165 e. The van der Waals surface area contributed by atoms with Crippen molar-refractivity contribution < 1.29 is 9.13 Å². The molecule has 2 saturated heterocycles. The van der Waals surface area contributed by atoms with Crippen molar-refractivity contribution in [3.05, 3.63) is 46.7 Å². The highest BCUT2D eigenvalue weighted by Gasteiger charge is 2.60. The number of hydrogen-bond donors (Lipinski definition) is 2. The summed E-state index contributed by atoms with van der Waals surface area (Å²) in [6.45, 7) is 3.72. The second-order valence-corrected chi connectivity index (χ2v) is 9.33. The van der Waals surface area contributed by atoms with E-state index in [-0.39, 0.29) is 27.6 Å². The highest BCUT2D eigenvalue weighted by atomic mass is 35.5. The van der Waals surface area contributed by atoms with Crippen LogP contribution in [0.1, 0.15) is 12.0 Å². The molecule has 2 aliphatic heterocycles. The highest BCUT2D eigenvalue weighted by molar-refractivity contribution is 6.31. The maximum atomic E-state index is 14.5. The lowest BCUT2D eigenvalue weighted by Crippen LogP contribution is -2.49. The topological polar surface area (TPSA) is 90.3 Å². The normalized spacial score (nSPS) is 24.6. The first kappa shape index (κ1) is 19.7. The molecule has 3 heterocycles. The van der Waals surface area contributed by atoms with Crippen LogP contribution in [0, 0.1) is 29.0 Å². The van der Waals surface area contributed by atoms with Gasteiger partial charge in [-0.05, 0) is 36.6 Å². The van der Waals surface area contributed by atoms with Crippen molar-refractivity contribution in [2.45, 2.75) is 12.5 Å². The van der Waals surface area contributed by atoms with Crippen molar-refractivity contribution in [3.8, 4) is 23.2 Å². The van der Waals surface area contributed by atoms with Gasteiger partial charge >= 0.3 is 0 Å². The fourth-order valence-corrected chi connectivity index (χ4v) is 4.92. The molecule has 3 aliphatic rings. The van der Waals surface area contributed by atoms with Crippen molar-refractivity contribution in [1.29, 1.82) is 0 Å². The predicted molar refractivity (Wildman–Crippen MR) is 122 cm³/mol. The van der Waals surface area contributed by atoms with E-state index in [1.54, 1.807) is 18.2 Å². The molecule has 6 rings (SSSR count). The molecular formula is C24H21ClFN5O. The van der Waals surface area contributed by atoms with E-state index in [0.717, 1.165) is 32.7 Å². The SMILES string of the molecule is Nc1cc2c(N)nc(-c3cccc(Cl)c3F)nc2cc1C#C[C@@]12C[C@@H]1CN(C1COC1)C2. The number of rotatable bonds is 2. The van der Waals surface area contributed by atoms with Crippen LogP contribution >= 0.6 is 11.6 Å². The molecule has 0 radical (unpaired) electrons. The minimum absolute atomic E-state index is 0.00550. The number of anilines is 2. The number of likely N-dealkylation sites (tertiary alicyclic amines) is 1. The second kappa shape index (κ2) is 7.04. The van der Waals surface area contributed by atoms with Crippen molar-refractivity contribution >= 4 is 34.0 Å². The lowest BCUT2D eigenvalue weighted by atomic mass is 10.0. The monoisotopic (exact) mass is 449 g/mol.